The number of nitrogens with zero attached hydrogens (tertiary/aromatic N) is 1. The van der Waals surface area contributed by atoms with Crippen LogP contribution in [0, 0.1) is 0 Å². The highest BCUT2D eigenvalue weighted by Gasteiger charge is 2.09. The molecule has 0 aromatic heterocycles. The Bertz CT molecular complexity index is 672. The summed E-state index contributed by atoms with van der Waals surface area (Å²) in [6.45, 7) is 0. The third-order valence-electron chi connectivity index (χ3n) is 3.60. The molecule has 1 aliphatic carbocycles. The molecule has 0 saturated heterocycles. The van der Waals surface area contributed by atoms with Crippen molar-refractivity contribution in [3.8, 4) is 0 Å². The molecular formula is C17H15NO2. The van der Waals surface area contributed by atoms with Gasteiger partial charge < -0.3 is 5.11 Å². The molecule has 0 atom stereocenters. The minimum Gasteiger partial charge on any atom is -0.478 e. The van der Waals surface area contributed by atoms with Crippen LogP contribution in [-0.4, -0.2) is 17.3 Å². The number of hydrogen-bond donors (Lipinski definition) is 1. The minimum atomic E-state index is -0.917. The summed E-state index contributed by atoms with van der Waals surface area (Å²) in [7, 11) is 0. The first-order chi connectivity index (χ1) is 9.72. The average Bonchev–Trinajstić information content (AvgIpc) is 2.93. The maximum Gasteiger partial charge on any atom is 0.335 e. The number of aliphatic imine (C=N–C) groups is 1. The molecule has 1 N–H and O–H groups in total. The second-order valence-electron chi connectivity index (χ2n) is 4.99. The monoisotopic (exact) mass is 265 g/mol. The molecule has 2 aromatic carbocycles. The smallest absolute Gasteiger partial charge is 0.335 e. The Balaban J connectivity index is 1.78. The van der Waals surface area contributed by atoms with Gasteiger partial charge in [-0.2, -0.15) is 0 Å². The number of carboxylic acid groups (broad SMARTS) is 1. The molecule has 100 valence electrons. The zero-order valence-electron chi connectivity index (χ0n) is 11.0. The Morgan fingerprint density at radius 1 is 1.05 bits per heavy atom. The SMILES string of the molecule is O=C(O)c1ccc(N=Cc2ccc3c(c2)CCC3)cc1. The van der Waals surface area contributed by atoms with Crippen LogP contribution < -0.4 is 0 Å². The number of aromatic carboxylic acids is 1. The zero-order valence-corrected chi connectivity index (χ0v) is 11.0. The molecule has 1 aliphatic rings. The molecule has 0 heterocycles. The van der Waals surface area contributed by atoms with Crippen molar-refractivity contribution in [2.24, 2.45) is 4.99 Å². The third kappa shape index (κ3) is 2.62. The lowest BCUT2D eigenvalue weighted by molar-refractivity contribution is 0.0697. The van der Waals surface area contributed by atoms with Crippen molar-refractivity contribution in [2.75, 3.05) is 0 Å². The van der Waals surface area contributed by atoms with Crippen LogP contribution in [0.5, 0.6) is 0 Å². The number of hydrogen-bond acceptors (Lipinski definition) is 2. The Kier molecular flexibility index (Phi) is 3.33. The first-order valence-electron chi connectivity index (χ1n) is 6.71. The quantitative estimate of drug-likeness (QED) is 0.862. The number of rotatable bonds is 3. The molecule has 3 rings (SSSR count). The van der Waals surface area contributed by atoms with Crippen molar-refractivity contribution >= 4 is 17.9 Å². The maximum absolute atomic E-state index is 10.8. The van der Waals surface area contributed by atoms with Gasteiger partial charge in [-0.25, -0.2) is 4.79 Å². The zero-order chi connectivity index (χ0) is 13.9. The molecule has 0 aliphatic heterocycles. The molecule has 20 heavy (non-hydrogen) atoms. The Morgan fingerprint density at radius 2 is 1.80 bits per heavy atom. The van der Waals surface area contributed by atoms with E-state index in [0.29, 0.717) is 0 Å². The molecule has 0 bridgehead atoms. The topological polar surface area (TPSA) is 49.7 Å². The van der Waals surface area contributed by atoms with Gasteiger partial charge in [0.05, 0.1) is 11.3 Å². The first kappa shape index (κ1) is 12.6. The van der Waals surface area contributed by atoms with Crippen LogP contribution >= 0.6 is 0 Å². The van der Waals surface area contributed by atoms with Gasteiger partial charge >= 0.3 is 5.97 Å². The van der Waals surface area contributed by atoms with Crippen LogP contribution in [0.25, 0.3) is 0 Å². The van der Waals surface area contributed by atoms with Crippen LogP contribution in [0.3, 0.4) is 0 Å². The van der Waals surface area contributed by atoms with E-state index in [4.69, 9.17) is 5.11 Å². The van der Waals surface area contributed by atoms with E-state index in [0.717, 1.165) is 17.7 Å². The lowest BCUT2D eigenvalue weighted by atomic mass is 10.1. The number of carboxylic acids is 1. The van der Waals surface area contributed by atoms with Crippen molar-refractivity contribution in [1.29, 1.82) is 0 Å². The van der Waals surface area contributed by atoms with Crippen LogP contribution in [0.15, 0.2) is 47.5 Å². The summed E-state index contributed by atoms with van der Waals surface area (Å²) < 4.78 is 0. The number of benzene rings is 2. The summed E-state index contributed by atoms with van der Waals surface area (Å²) in [5.74, 6) is -0.917. The van der Waals surface area contributed by atoms with E-state index in [2.05, 4.69) is 23.2 Å². The molecule has 0 radical (unpaired) electrons. The van der Waals surface area contributed by atoms with Gasteiger partial charge in [0.2, 0.25) is 0 Å². The van der Waals surface area contributed by atoms with Gasteiger partial charge in [0.1, 0.15) is 0 Å². The van der Waals surface area contributed by atoms with Crippen LogP contribution in [-0.2, 0) is 12.8 Å². The summed E-state index contributed by atoms with van der Waals surface area (Å²) in [6.07, 6.45) is 5.41. The summed E-state index contributed by atoms with van der Waals surface area (Å²) in [5.41, 5.74) is 5.01. The summed E-state index contributed by atoms with van der Waals surface area (Å²) in [6, 6.07) is 13.0. The normalized spacial score (nSPS) is 13.6. The van der Waals surface area contributed by atoms with Gasteiger partial charge in [0.15, 0.2) is 0 Å². The minimum absolute atomic E-state index is 0.279. The van der Waals surface area contributed by atoms with Crippen molar-refractivity contribution in [1.82, 2.24) is 0 Å². The van der Waals surface area contributed by atoms with Gasteiger partial charge in [-0.3, -0.25) is 4.99 Å². The standard InChI is InChI=1S/C17H15NO2/c19-17(20)14-6-8-16(9-7-14)18-11-12-4-5-13-2-1-3-15(13)10-12/h4-11H,1-3H2,(H,19,20). The largest absolute Gasteiger partial charge is 0.478 e. The molecule has 0 unspecified atom stereocenters. The van der Waals surface area contributed by atoms with E-state index in [9.17, 15) is 4.79 Å². The number of fused-ring (bicyclic) bond motifs is 1. The van der Waals surface area contributed by atoms with Crippen molar-refractivity contribution in [2.45, 2.75) is 19.3 Å². The van der Waals surface area contributed by atoms with E-state index in [1.807, 2.05) is 6.21 Å². The second-order valence-corrected chi connectivity index (χ2v) is 4.99. The first-order valence-corrected chi connectivity index (χ1v) is 6.71. The predicted octanol–water partition coefficient (Wildman–Crippen LogP) is 3.62. The molecule has 3 heteroatoms. The lowest BCUT2D eigenvalue weighted by Crippen LogP contribution is -1.94. The molecule has 0 amide bonds. The van der Waals surface area contributed by atoms with Gasteiger partial charge in [0, 0.05) is 6.21 Å². The van der Waals surface area contributed by atoms with E-state index in [1.165, 1.54) is 24.0 Å². The van der Waals surface area contributed by atoms with Gasteiger partial charge in [-0.15, -0.1) is 0 Å². The van der Waals surface area contributed by atoms with E-state index in [1.54, 1.807) is 24.3 Å². The van der Waals surface area contributed by atoms with E-state index < -0.39 is 5.97 Å². The highest BCUT2D eigenvalue weighted by molar-refractivity contribution is 5.88. The number of aryl methyl sites for hydroxylation is 2. The highest BCUT2D eigenvalue weighted by atomic mass is 16.4. The molecular weight excluding hydrogens is 250 g/mol. The van der Waals surface area contributed by atoms with Crippen LogP contribution in [0.2, 0.25) is 0 Å². The van der Waals surface area contributed by atoms with Gasteiger partial charge in [-0.1, -0.05) is 12.1 Å². The average molecular weight is 265 g/mol. The lowest BCUT2D eigenvalue weighted by Gasteiger charge is -2.00. The Labute approximate surface area is 117 Å². The van der Waals surface area contributed by atoms with E-state index >= 15 is 0 Å². The highest BCUT2D eigenvalue weighted by Crippen LogP contribution is 2.22. The van der Waals surface area contributed by atoms with Crippen molar-refractivity contribution in [3.05, 3.63) is 64.7 Å². The fourth-order valence-electron chi connectivity index (χ4n) is 2.51. The van der Waals surface area contributed by atoms with Crippen LogP contribution in [0.1, 0.15) is 33.5 Å². The van der Waals surface area contributed by atoms with E-state index in [-0.39, 0.29) is 5.56 Å². The molecule has 0 spiro atoms. The van der Waals surface area contributed by atoms with Gasteiger partial charge in [-0.05, 0) is 66.3 Å². The Morgan fingerprint density at radius 3 is 2.55 bits per heavy atom. The fraction of sp³-hybridized carbons (Fsp3) is 0.176. The molecule has 0 fully saturated rings. The van der Waals surface area contributed by atoms with Crippen molar-refractivity contribution < 1.29 is 9.90 Å². The summed E-state index contributed by atoms with van der Waals surface area (Å²) >= 11 is 0. The summed E-state index contributed by atoms with van der Waals surface area (Å²) in [4.78, 5) is 15.1. The summed E-state index contributed by atoms with van der Waals surface area (Å²) in [5, 5.41) is 8.83. The molecule has 2 aromatic rings. The maximum atomic E-state index is 10.8. The number of carbonyl (C=O) groups is 1. The second kappa shape index (κ2) is 5.29. The van der Waals surface area contributed by atoms with Gasteiger partial charge in [0.25, 0.3) is 0 Å². The molecule has 0 saturated carbocycles. The predicted molar refractivity (Wildman–Crippen MR) is 79.1 cm³/mol. The fourth-order valence-corrected chi connectivity index (χ4v) is 2.51. The van der Waals surface area contributed by atoms with Crippen LogP contribution in [0.4, 0.5) is 5.69 Å². The third-order valence-corrected chi connectivity index (χ3v) is 3.60. The Hall–Kier alpha value is -2.42. The van der Waals surface area contributed by atoms with Crippen molar-refractivity contribution in [3.63, 3.8) is 0 Å². The molecule has 3 nitrogen and oxygen atoms in total.